The number of hydrogen-bond acceptors (Lipinski definition) is 2. The highest BCUT2D eigenvalue weighted by Crippen LogP contribution is 2.24. The number of nitrogens with zero attached hydrogens (tertiary/aromatic N) is 1. The van der Waals surface area contributed by atoms with Gasteiger partial charge in [0.15, 0.2) is 6.10 Å². The summed E-state index contributed by atoms with van der Waals surface area (Å²) in [6, 6.07) is 4.15. The second kappa shape index (κ2) is 6.44. The molecule has 0 saturated carbocycles. The van der Waals surface area contributed by atoms with Crippen molar-refractivity contribution in [3.63, 3.8) is 0 Å². The first-order chi connectivity index (χ1) is 9.49. The van der Waals surface area contributed by atoms with Crippen LogP contribution in [0.4, 0.5) is 4.39 Å². The summed E-state index contributed by atoms with van der Waals surface area (Å²) in [6.07, 6.45) is 1.52. The van der Waals surface area contributed by atoms with Crippen molar-refractivity contribution in [1.82, 2.24) is 4.90 Å². The van der Waals surface area contributed by atoms with Crippen LogP contribution < -0.4 is 4.74 Å². The second-order valence-corrected chi connectivity index (χ2v) is 5.80. The van der Waals surface area contributed by atoms with E-state index in [9.17, 15) is 9.18 Å². The average Bonchev–Trinajstić information content (AvgIpc) is 2.93. The number of rotatable bonds is 4. The van der Waals surface area contributed by atoms with Gasteiger partial charge in [0.05, 0.1) is 5.02 Å². The van der Waals surface area contributed by atoms with Crippen molar-refractivity contribution in [2.75, 3.05) is 13.1 Å². The smallest absolute Gasteiger partial charge is 0.263 e. The molecule has 0 N–H and O–H groups in total. The van der Waals surface area contributed by atoms with E-state index in [0.717, 1.165) is 25.9 Å². The monoisotopic (exact) mass is 299 g/mol. The lowest BCUT2D eigenvalue weighted by Gasteiger charge is -2.26. The van der Waals surface area contributed by atoms with Gasteiger partial charge in [0.2, 0.25) is 0 Å². The van der Waals surface area contributed by atoms with Crippen LogP contribution in [0.1, 0.15) is 26.7 Å². The Morgan fingerprint density at radius 3 is 2.55 bits per heavy atom. The third-order valence-electron chi connectivity index (χ3n) is 3.42. The fourth-order valence-corrected chi connectivity index (χ4v) is 2.46. The van der Waals surface area contributed by atoms with E-state index in [1.807, 2.05) is 18.7 Å². The van der Waals surface area contributed by atoms with Gasteiger partial charge in [-0.2, -0.15) is 0 Å². The first-order valence-corrected chi connectivity index (χ1v) is 7.27. The summed E-state index contributed by atoms with van der Waals surface area (Å²) < 4.78 is 18.9. The molecule has 1 heterocycles. The van der Waals surface area contributed by atoms with Crippen molar-refractivity contribution >= 4 is 17.5 Å². The van der Waals surface area contributed by atoms with Gasteiger partial charge in [-0.25, -0.2) is 4.39 Å². The molecule has 0 aromatic heterocycles. The van der Waals surface area contributed by atoms with Crippen LogP contribution in [0.15, 0.2) is 18.2 Å². The standard InChI is InChI=1S/C15H19ClFNO2/c1-10(2)14(15(19)18-7-3-4-8-18)20-11-5-6-13(17)12(16)9-11/h5-6,9-10,14H,3-4,7-8H2,1-2H3. The minimum absolute atomic E-state index is 0.00127. The van der Waals surface area contributed by atoms with Crippen molar-refractivity contribution in [1.29, 1.82) is 0 Å². The van der Waals surface area contributed by atoms with Gasteiger partial charge in [0.1, 0.15) is 11.6 Å². The molecule has 0 radical (unpaired) electrons. The van der Waals surface area contributed by atoms with E-state index in [1.54, 1.807) is 0 Å². The molecule has 0 spiro atoms. The summed E-state index contributed by atoms with van der Waals surface area (Å²) in [4.78, 5) is 14.3. The summed E-state index contributed by atoms with van der Waals surface area (Å²) in [5.41, 5.74) is 0. The Morgan fingerprint density at radius 1 is 1.35 bits per heavy atom. The first kappa shape index (κ1) is 15.1. The SMILES string of the molecule is CC(C)C(Oc1ccc(F)c(Cl)c1)C(=O)N1CCCC1. The van der Waals surface area contributed by atoms with Crippen LogP contribution in [0.25, 0.3) is 0 Å². The molecule has 5 heteroatoms. The Balaban J connectivity index is 2.12. The lowest BCUT2D eigenvalue weighted by atomic mass is 10.1. The zero-order chi connectivity index (χ0) is 14.7. The topological polar surface area (TPSA) is 29.5 Å². The van der Waals surface area contributed by atoms with E-state index >= 15 is 0 Å². The molecular weight excluding hydrogens is 281 g/mol. The highest BCUT2D eigenvalue weighted by molar-refractivity contribution is 6.30. The first-order valence-electron chi connectivity index (χ1n) is 6.89. The lowest BCUT2D eigenvalue weighted by Crippen LogP contribution is -2.43. The van der Waals surface area contributed by atoms with E-state index in [0.29, 0.717) is 5.75 Å². The van der Waals surface area contributed by atoms with E-state index in [-0.39, 0.29) is 16.8 Å². The Labute approximate surface area is 123 Å². The molecule has 1 saturated heterocycles. The van der Waals surface area contributed by atoms with E-state index in [1.165, 1.54) is 18.2 Å². The van der Waals surface area contributed by atoms with Gasteiger partial charge < -0.3 is 9.64 Å². The molecule has 1 amide bonds. The van der Waals surface area contributed by atoms with Crippen molar-refractivity contribution in [3.8, 4) is 5.75 Å². The molecule has 1 aliphatic heterocycles. The second-order valence-electron chi connectivity index (χ2n) is 5.39. The van der Waals surface area contributed by atoms with Gasteiger partial charge in [-0.1, -0.05) is 25.4 Å². The van der Waals surface area contributed by atoms with E-state index in [2.05, 4.69) is 0 Å². The fraction of sp³-hybridized carbons (Fsp3) is 0.533. The van der Waals surface area contributed by atoms with Crippen molar-refractivity contribution in [2.24, 2.45) is 5.92 Å². The minimum Gasteiger partial charge on any atom is -0.480 e. The Bertz CT molecular complexity index is 487. The minimum atomic E-state index is -0.561. The Morgan fingerprint density at radius 2 is 2.00 bits per heavy atom. The number of carbonyl (C=O) groups is 1. The largest absolute Gasteiger partial charge is 0.480 e. The normalized spacial score (nSPS) is 16.6. The predicted octanol–water partition coefficient (Wildman–Crippen LogP) is 3.50. The van der Waals surface area contributed by atoms with Crippen molar-refractivity contribution in [3.05, 3.63) is 29.0 Å². The van der Waals surface area contributed by atoms with E-state index in [4.69, 9.17) is 16.3 Å². The molecule has 1 aliphatic rings. The summed E-state index contributed by atoms with van der Waals surface area (Å²) in [6.45, 7) is 5.44. The van der Waals surface area contributed by atoms with Crippen LogP contribution in [0.5, 0.6) is 5.75 Å². The van der Waals surface area contributed by atoms with Gasteiger partial charge >= 0.3 is 0 Å². The van der Waals surface area contributed by atoms with Crippen LogP contribution in [-0.2, 0) is 4.79 Å². The van der Waals surface area contributed by atoms with Crippen LogP contribution in [-0.4, -0.2) is 30.0 Å². The van der Waals surface area contributed by atoms with Gasteiger partial charge in [0, 0.05) is 19.2 Å². The fourth-order valence-electron chi connectivity index (χ4n) is 2.29. The number of benzene rings is 1. The number of likely N-dealkylation sites (tertiary alicyclic amines) is 1. The van der Waals surface area contributed by atoms with Gasteiger partial charge in [0.25, 0.3) is 5.91 Å². The summed E-state index contributed by atoms with van der Waals surface area (Å²) in [5.74, 6) is -0.0430. The van der Waals surface area contributed by atoms with Gasteiger partial charge in [-0.3, -0.25) is 4.79 Å². The van der Waals surface area contributed by atoms with Gasteiger partial charge in [-0.05, 0) is 30.9 Å². The number of carbonyl (C=O) groups excluding carboxylic acids is 1. The van der Waals surface area contributed by atoms with Crippen LogP contribution in [0, 0.1) is 11.7 Å². The highest BCUT2D eigenvalue weighted by Gasteiger charge is 2.30. The maximum atomic E-state index is 13.1. The molecule has 20 heavy (non-hydrogen) atoms. The number of hydrogen-bond donors (Lipinski definition) is 0. The number of ether oxygens (including phenoxy) is 1. The zero-order valence-electron chi connectivity index (χ0n) is 11.7. The molecule has 3 nitrogen and oxygen atoms in total. The highest BCUT2D eigenvalue weighted by atomic mass is 35.5. The molecular formula is C15H19ClFNO2. The molecule has 1 aromatic rings. The molecule has 110 valence electrons. The summed E-state index contributed by atoms with van der Waals surface area (Å²) >= 11 is 5.73. The molecule has 1 fully saturated rings. The maximum Gasteiger partial charge on any atom is 0.263 e. The quantitative estimate of drug-likeness (QED) is 0.851. The molecule has 2 rings (SSSR count). The molecule has 0 bridgehead atoms. The summed E-state index contributed by atoms with van der Waals surface area (Å²) in [7, 11) is 0. The van der Waals surface area contributed by atoms with E-state index < -0.39 is 11.9 Å². The third kappa shape index (κ3) is 3.42. The van der Waals surface area contributed by atoms with Crippen LogP contribution >= 0.6 is 11.6 Å². The van der Waals surface area contributed by atoms with Gasteiger partial charge in [-0.15, -0.1) is 0 Å². The third-order valence-corrected chi connectivity index (χ3v) is 3.71. The Hall–Kier alpha value is -1.29. The molecule has 1 unspecified atom stereocenters. The molecule has 1 atom stereocenters. The molecule has 1 aromatic carbocycles. The average molecular weight is 300 g/mol. The van der Waals surface area contributed by atoms with Crippen molar-refractivity contribution < 1.29 is 13.9 Å². The Kier molecular flexibility index (Phi) is 4.86. The van der Waals surface area contributed by atoms with Crippen molar-refractivity contribution in [2.45, 2.75) is 32.8 Å². The molecule has 0 aliphatic carbocycles. The van der Waals surface area contributed by atoms with Crippen LogP contribution in [0.2, 0.25) is 5.02 Å². The van der Waals surface area contributed by atoms with Crippen LogP contribution in [0.3, 0.4) is 0 Å². The predicted molar refractivity (Wildman–Crippen MR) is 76.5 cm³/mol. The number of halogens is 2. The summed E-state index contributed by atoms with van der Waals surface area (Å²) in [5, 5.41) is -0.00127. The lowest BCUT2D eigenvalue weighted by molar-refractivity contribution is -0.139. The maximum absolute atomic E-state index is 13.1. The number of amides is 1. The zero-order valence-corrected chi connectivity index (χ0v) is 12.5.